The van der Waals surface area contributed by atoms with E-state index in [1.165, 1.54) is 12.8 Å². The van der Waals surface area contributed by atoms with Gasteiger partial charge in [0.2, 0.25) is 5.89 Å². The summed E-state index contributed by atoms with van der Waals surface area (Å²) in [7, 11) is 0. The SMILES string of the molecule is CCCCCSc1nnc([C@H](C)NC(=O)OC(C)(C)C)o1. The van der Waals surface area contributed by atoms with Crippen molar-refractivity contribution in [1.82, 2.24) is 15.5 Å². The molecule has 6 nitrogen and oxygen atoms in total. The molecule has 1 aromatic rings. The Bertz CT molecular complexity index is 443. The third kappa shape index (κ3) is 7.36. The van der Waals surface area contributed by atoms with Crippen LogP contribution in [0.2, 0.25) is 0 Å². The molecule has 0 bridgehead atoms. The second-order valence-electron chi connectivity index (χ2n) is 5.83. The van der Waals surface area contributed by atoms with Crippen molar-refractivity contribution < 1.29 is 13.9 Å². The number of aromatic nitrogens is 2. The summed E-state index contributed by atoms with van der Waals surface area (Å²) in [6, 6.07) is -0.377. The molecule has 0 aliphatic rings. The maximum Gasteiger partial charge on any atom is 0.408 e. The average molecular weight is 315 g/mol. The van der Waals surface area contributed by atoms with E-state index >= 15 is 0 Å². The molecule has 1 rings (SSSR count). The van der Waals surface area contributed by atoms with Crippen molar-refractivity contribution in [3.05, 3.63) is 5.89 Å². The number of thioether (sulfide) groups is 1. The first-order valence-corrected chi connectivity index (χ1v) is 8.26. The van der Waals surface area contributed by atoms with Crippen LogP contribution in [0.4, 0.5) is 4.79 Å². The van der Waals surface area contributed by atoms with Crippen LogP contribution in [-0.4, -0.2) is 27.6 Å². The van der Waals surface area contributed by atoms with E-state index in [1.54, 1.807) is 18.7 Å². The molecule has 21 heavy (non-hydrogen) atoms. The standard InChI is InChI=1S/C14H25N3O3S/c1-6-7-8-9-21-13-17-16-11(19-13)10(2)15-12(18)20-14(3,4)5/h10H,6-9H2,1-5H3,(H,15,18)/t10-/m0/s1. The molecule has 0 aliphatic carbocycles. The lowest BCUT2D eigenvalue weighted by atomic mass is 10.2. The van der Waals surface area contributed by atoms with Crippen LogP contribution in [0.15, 0.2) is 9.64 Å². The Kier molecular flexibility index (Phi) is 7.01. The van der Waals surface area contributed by atoms with Gasteiger partial charge in [-0.05, 0) is 34.1 Å². The monoisotopic (exact) mass is 315 g/mol. The van der Waals surface area contributed by atoms with Crippen molar-refractivity contribution in [2.24, 2.45) is 0 Å². The maximum atomic E-state index is 11.7. The van der Waals surface area contributed by atoms with Crippen LogP contribution < -0.4 is 5.32 Å². The summed E-state index contributed by atoms with van der Waals surface area (Å²) in [4.78, 5) is 11.7. The maximum absolute atomic E-state index is 11.7. The van der Waals surface area contributed by atoms with E-state index in [0.29, 0.717) is 11.1 Å². The van der Waals surface area contributed by atoms with Crippen LogP contribution in [0.3, 0.4) is 0 Å². The molecule has 0 fully saturated rings. The molecule has 0 aromatic carbocycles. The molecule has 0 saturated carbocycles. The summed E-state index contributed by atoms with van der Waals surface area (Å²) in [5.41, 5.74) is -0.529. The van der Waals surface area contributed by atoms with Crippen LogP contribution in [0.1, 0.15) is 65.8 Å². The topological polar surface area (TPSA) is 77.2 Å². The Morgan fingerprint density at radius 1 is 1.38 bits per heavy atom. The third-order valence-electron chi connectivity index (χ3n) is 2.50. The number of amides is 1. The van der Waals surface area contributed by atoms with E-state index in [-0.39, 0.29) is 6.04 Å². The van der Waals surface area contributed by atoms with Gasteiger partial charge in [0, 0.05) is 5.75 Å². The zero-order valence-electron chi connectivity index (χ0n) is 13.4. The number of nitrogens with one attached hydrogen (secondary N) is 1. The fourth-order valence-corrected chi connectivity index (χ4v) is 2.28. The Morgan fingerprint density at radius 3 is 2.71 bits per heavy atom. The predicted molar refractivity (Wildman–Crippen MR) is 82.3 cm³/mol. The predicted octanol–water partition coefficient (Wildman–Crippen LogP) is 3.94. The highest BCUT2D eigenvalue weighted by molar-refractivity contribution is 7.99. The zero-order chi connectivity index (χ0) is 15.9. The summed E-state index contributed by atoms with van der Waals surface area (Å²) in [5.74, 6) is 1.35. The fourth-order valence-electron chi connectivity index (χ4n) is 1.51. The molecule has 0 aliphatic heterocycles. The Morgan fingerprint density at radius 2 is 2.10 bits per heavy atom. The van der Waals surface area contributed by atoms with Crippen molar-refractivity contribution in [3.8, 4) is 0 Å². The number of nitrogens with zero attached hydrogens (tertiary/aromatic N) is 2. The van der Waals surface area contributed by atoms with Gasteiger partial charge in [-0.2, -0.15) is 0 Å². The first kappa shape index (κ1) is 17.8. The number of hydrogen-bond acceptors (Lipinski definition) is 6. The highest BCUT2D eigenvalue weighted by atomic mass is 32.2. The van der Waals surface area contributed by atoms with Crippen LogP contribution in [-0.2, 0) is 4.74 Å². The van der Waals surface area contributed by atoms with E-state index in [0.717, 1.165) is 12.2 Å². The Balaban J connectivity index is 2.42. The van der Waals surface area contributed by atoms with E-state index in [2.05, 4.69) is 22.4 Å². The molecular weight excluding hydrogens is 290 g/mol. The van der Waals surface area contributed by atoms with Gasteiger partial charge in [-0.15, -0.1) is 10.2 Å². The molecule has 1 heterocycles. The van der Waals surface area contributed by atoms with Gasteiger partial charge in [-0.1, -0.05) is 31.5 Å². The number of alkyl carbamates (subject to hydrolysis) is 1. The molecule has 0 saturated heterocycles. The highest BCUT2D eigenvalue weighted by Gasteiger charge is 2.21. The average Bonchev–Trinajstić information content (AvgIpc) is 2.81. The second kappa shape index (κ2) is 8.26. The molecule has 1 aromatic heterocycles. The number of carbonyl (C=O) groups is 1. The molecule has 0 spiro atoms. The molecule has 7 heteroatoms. The van der Waals surface area contributed by atoms with E-state index in [9.17, 15) is 4.79 Å². The summed E-state index contributed by atoms with van der Waals surface area (Å²) < 4.78 is 10.7. The summed E-state index contributed by atoms with van der Waals surface area (Å²) in [5, 5.41) is 11.1. The van der Waals surface area contributed by atoms with Crippen LogP contribution in [0.25, 0.3) is 0 Å². The molecule has 0 radical (unpaired) electrons. The molecule has 1 atom stereocenters. The first-order valence-electron chi connectivity index (χ1n) is 7.27. The van der Waals surface area contributed by atoms with Crippen LogP contribution in [0.5, 0.6) is 0 Å². The second-order valence-corrected chi connectivity index (χ2v) is 6.88. The van der Waals surface area contributed by atoms with Gasteiger partial charge < -0.3 is 14.5 Å². The minimum Gasteiger partial charge on any atom is -0.444 e. The minimum absolute atomic E-state index is 0.377. The number of ether oxygens (including phenoxy) is 1. The molecule has 0 unspecified atom stereocenters. The van der Waals surface area contributed by atoms with E-state index in [1.807, 2.05) is 20.8 Å². The quantitative estimate of drug-likeness (QED) is 0.606. The largest absolute Gasteiger partial charge is 0.444 e. The fraction of sp³-hybridized carbons (Fsp3) is 0.786. The molecule has 120 valence electrons. The number of unbranched alkanes of at least 4 members (excludes halogenated alkanes) is 2. The molecule has 1 amide bonds. The molecule has 1 N–H and O–H groups in total. The van der Waals surface area contributed by atoms with Crippen molar-refractivity contribution in [1.29, 1.82) is 0 Å². The lowest BCUT2D eigenvalue weighted by Crippen LogP contribution is -2.34. The Labute approximate surface area is 130 Å². The first-order chi connectivity index (χ1) is 9.81. The van der Waals surface area contributed by atoms with Gasteiger partial charge in [0.15, 0.2) is 0 Å². The van der Waals surface area contributed by atoms with Gasteiger partial charge >= 0.3 is 6.09 Å². The van der Waals surface area contributed by atoms with Gasteiger partial charge in [-0.25, -0.2) is 4.79 Å². The summed E-state index contributed by atoms with van der Waals surface area (Å²) in [6.07, 6.45) is 3.02. The highest BCUT2D eigenvalue weighted by Crippen LogP contribution is 2.21. The Hall–Kier alpha value is -1.24. The van der Waals surface area contributed by atoms with E-state index in [4.69, 9.17) is 9.15 Å². The minimum atomic E-state index is -0.529. The smallest absolute Gasteiger partial charge is 0.408 e. The van der Waals surface area contributed by atoms with Crippen molar-refractivity contribution in [2.75, 3.05) is 5.75 Å². The zero-order valence-corrected chi connectivity index (χ0v) is 14.2. The van der Waals surface area contributed by atoms with Gasteiger partial charge in [0.1, 0.15) is 11.6 Å². The summed E-state index contributed by atoms with van der Waals surface area (Å²) in [6.45, 7) is 9.39. The van der Waals surface area contributed by atoms with Crippen molar-refractivity contribution >= 4 is 17.9 Å². The molecular formula is C14H25N3O3S. The summed E-state index contributed by atoms with van der Waals surface area (Å²) >= 11 is 1.54. The van der Waals surface area contributed by atoms with Crippen molar-refractivity contribution in [3.63, 3.8) is 0 Å². The number of carbonyl (C=O) groups excluding carboxylic acids is 1. The number of hydrogen-bond donors (Lipinski definition) is 1. The van der Waals surface area contributed by atoms with Crippen molar-refractivity contribution in [2.45, 2.75) is 70.7 Å². The number of rotatable bonds is 7. The van der Waals surface area contributed by atoms with Gasteiger partial charge in [0.05, 0.1) is 0 Å². The lowest BCUT2D eigenvalue weighted by Gasteiger charge is -2.20. The van der Waals surface area contributed by atoms with Gasteiger partial charge in [0.25, 0.3) is 5.22 Å². The lowest BCUT2D eigenvalue weighted by molar-refractivity contribution is 0.0500. The van der Waals surface area contributed by atoms with Gasteiger partial charge in [-0.3, -0.25) is 0 Å². The van der Waals surface area contributed by atoms with Crippen LogP contribution in [0, 0.1) is 0 Å². The third-order valence-corrected chi connectivity index (χ3v) is 3.40. The normalized spacial score (nSPS) is 13.0. The van der Waals surface area contributed by atoms with Crippen LogP contribution >= 0.6 is 11.8 Å². The van der Waals surface area contributed by atoms with E-state index < -0.39 is 11.7 Å².